The lowest BCUT2D eigenvalue weighted by molar-refractivity contribution is 0.107. The predicted molar refractivity (Wildman–Crippen MR) is 134 cm³/mol. The van der Waals surface area contributed by atoms with Gasteiger partial charge < -0.3 is 25.0 Å². The Morgan fingerprint density at radius 1 is 0.971 bits per heavy atom. The van der Waals surface area contributed by atoms with Gasteiger partial charge in [-0.1, -0.05) is 30.3 Å². The molecule has 1 aliphatic heterocycles. The molecule has 34 heavy (non-hydrogen) atoms. The number of nitrogens with one attached hydrogen (secondary N) is 2. The van der Waals surface area contributed by atoms with Gasteiger partial charge in [-0.25, -0.2) is 9.78 Å². The maximum atomic E-state index is 12.5. The summed E-state index contributed by atoms with van der Waals surface area (Å²) in [6.07, 6.45) is 5.45. The van der Waals surface area contributed by atoms with Crippen LogP contribution in [-0.4, -0.2) is 31.2 Å². The Kier molecular flexibility index (Phi) is 8.35. The third-order valence-corrected chi connectivity index (χ3v) is 5.84. The Balaban J connectivity index is 1.26. The smallest absolute Gasteiger partial charge is 0.319 e. The maximum Gasteiger partial charge on any atom is 0.319 e. The van der Waals surface area contributed by atoms with Gasteiger partial charge in [0.05, 0.1) is 20.3 Å². The molecule has 0 unspecified atom stereocenters. The summed E-state index contributed by atoms with van der Waals surface area (Å²) in [5.74, 6) is 1.80. The molecule has 2 N–H and O–H groups in total. The van der Waals surface area contributed by atoms with E-state index in [0.717, 1.165) is 47.0 Å². The van der Waals surface area contributed by atoms with E-state index in [4.69, 9.17) is 9.47 Å². The van der Waals surface area contributed by atoms with Crippen LogP contribution in [0.25, 0.3) is 0 Å². The number of amides is 2. The third kappa shape index (κ3) is 6.71. The molecule has 0 spiro atoms. The van der Waals surface area contributed by atoms with Crippen LogP contribution in [0.3, 0.4) is 0 Å². The average Bonchev–Trinajstić information content (AvgIpc) is 2.89. The summed E-state index contributed by atoms with van der Waals surface area (Å²) < 4.78 is 11.0. The van der Waals surface area contributed by atoms with Gasteiger partial charge in [0, 0.05) is 37.1 Å². The van der Waals surface area contributed by atoms with Gasteiger partial charge in [0.1, 0.15) is 11.6 Å². The highest BCUT2D eigenvalue weighted by Gasteiger charge is 2.16. The van der Waals surface area contributed by atoms with Crippen molar-refractivity contribution in [2.45, 2.75) is 39.0 Å². The third-order valence-electron chi connectivity index (χ3n) is 5.84. The van der Waals surface area contributed by atoms with E-state index in [1.807, 2.05) is 66.9 Å². The molecule has 0 radical (unpaired) electrons. The van der Waals surface area contributed by atoms with Crippen LogP contribution < -0.4 is 20.3 Å². The number of pyridine rings is 1. The molecule has 2 aromatic carbocycles. The minimum atomic E-state index is -0.246. The zero-order valence-electron chi connectivity index (χ0n) is 19.6. The fourth-order valence-electron chi connectivity index (χ4n) is 4.06. The number of benzene rings is 2. The van der Waals surface area contributed by atoms with Crippen molar-refractivity contribution in [3.8, 4) is 5.75 Å². The van der Waals surface area contributed by atoms with Crippen LogP contribution >= 0.6 is 0 Å². The van der Waals surface area contributed by atoms with Gasteiger partial charge in [-0.05, 0) is 60.7 Å². The number of carbonyl (C=O) groups excluding carboxylic acids is 1. The fraction of sp³-hybridized carbons (Fsp3) is 0.333. The molecule has 7 heteroatoms. The number of nitrogens with zero attached hydrogens (tertiary/aromatic N) is 2. The number of carbonyl (C=O) groups is 1. The van der Waals surface area contributed by atoms with Crippen molar-refractivity contribution in [1.29, 1.82) is 0 Å². The van der Waals surface area contributed by atoms with E-state index in [0.29, 0.717) is 19.8 Å². The van der Waals surface area contributed by atoms with Crippen molar-refractivity contribution in [3.05, 3.63) is 83.6 Å². The first-order valence-corrected chi connectivity index (χ1v) is 11.7. The number of piperidine rings is 1. The van der Waals surface area contributed by atoms with Crippen molar-refractivity contribution in [3.63, 3.8) is 0 Å². The summed E-state index contributed by atoms with van der Waals surface area (Å²) in [7, 11) is 1.65. The normalized spacial score (nSPS) is 13.4. The van der Waals surface area contributed by atoms with Gasteiger partial charge in [0.15, 0.2) is 0 Å². The Morgan fingerprint density at radius 2 is 1.76 bits per heavy atom. The van der Waals surface area contributed by atoms with E-state index in [-0.39, 0.29) is 6.03 Å². The number of anilines is 2. The van der Waals surface area contributed by atoms with Crippen LogP contribution in [0.15, 0.2) is 66.9 Å². The molecule has 7 nitrogen and oxygen atoms in total. The minimum absolute atomic E-state index is 0.246. The molecule has 1 fully saturated rings. The molecule has 0 saturated carbocycles. The van der Waals surface area contributed by atoms with Gasteiger partial charge in [-0.15, -0.1) is 0 Å². The van der Waals surface area contributed by atoms with Crippen molar-refractivity contribution in [2.75, 3.05) is 30.4 Å². The zero-order chi connectivity index (χ0) is 23.6. The fourth-order valence-corrected chi connectivity index (χ4v) is 4.06. The van der Waals surface area contributed by atoms with E-state index in [1.165, 1.54) is 19.3 Å². The molecular weight excluding hydrogens is 428 g/mol. The molecule has 0 atom stereocenters. The molecule has 4 rings (SSSR count). The first kappa shape index (κ1) is 23.6. The summed E-state index contributed by atoms with van der Waals surface area (Å²) >= 11 is 0. The Hall–Kier alpha value is -3.58. The van der Waals surface area contributed by atoms with Crippen LogP contribution in [0.2, 0.25) is 0 Å². The molecule has 3 aromatic rings. The van der Waals surface area contributed by atoms with Crippen molar-refractivity contribution in [2.24, 2.45) is 0 Å². The predicted octanol–water partition coefficient (Wildman–Crippen LogP) is 5.12. The Morgan fingerprint density at radius 3 is 2.56 bits per heavy atom. The number of methoxy groups -OCH3 is 1. The van der Waals surface area contributed by atoms with Gasteiger partial charge >= 0.3 is 6.03 Å². The molecule has 1 aromatic heterocycles. The molecule has 1 saturated heterocycles. The van der Waals surface area contributed by atoms with E-state index in [2.05, 4.69) is 20.5 Å². The second kappa shape index (κ2) is 12.0. The number of hydrogen-bond donors (Lipinski definition) is 2. The van der Waals surface area contributed by atoms with Crippen molar-refractivity contribution < 1.29 is 14.3 Å². The minimum Gasteiger partial charge on any atom is -0.497 e. The lowest BCUT2D eigenvalue weighted by Crippen LogP contribution is -2.33. The van der Waals surface area contributed by atoms with Gasteiger partial charge in [0.2, 0.25) is 0 Å². The first-order chi connectivity index (χ1) is 16.7. The van der Waals surface area contributed by atoms with Gasteiger partial charge in [-0.3, -0.25) is 0 Å². The van der Waals surface area contributed by atoms with Crippen LogP contribution in [-0.2, 0) is 24.5 Å². The lowest BCUT2D eigenvalue weighted by Gasteiger charge is -2.29. The number of ether oxygens (including phenoxy) is 2. The molecule has 0 aliphatic carbocycles. The Bertz CT molecular complexity index is 1070. The van der Waals surface area contributed by atoms with Crippen molar-refractivity contribution >= 4 is 17.5 Å². The maximum absolute atomic E-state index is 12.5. The van der Waals surface area contributed by atoms with Gasteiger partial charge in [-0.2, -0.15) is 0 Å². The zero-order valence-corrected chi connectivity index (χ0v) is 19.6. The molecule has 2 amide bonds. The van der Waals surface area contributed by atoms with E-state index < -0.39 is 0 Å². The highest BCUT2D eigenvalue weighted by molar-refractivity contribution is 5.89. The number of urea groups is 1. The second-order valence-electron chi connectivity index (χ2n) is 8.38. The van der Waals surface area contributed by atoms with E-state index in [9.17, 15) is 4.79 Å². The molecule has 0 bridgehead atoms. The highest BCUT2D eigenvalue weighted by Crippen LogP contribution is 2.21. The molecule has 178 valence electrons. The average molecular weight is 461 g/mol. The standard InChI is InChI=1S/C27H32N4O3/c1-33-25-12-10-21(11-13-25)19-34-20-22-7-5-9-24(17-22)30-27(32)29-18-23-8-6-14-28-26(23)31-15-3-2-4-16-31/h5-14,17H,2-4,15-16,18-20H2,1H3,(H2,29,30,32). The SMILES string of the molecule is COc1ccc(COCc2cccc(NC(=O)NCc3cccnc3N3CCCCC3)c2)cc1. The summed E-state index contributed by atoms with van der Waals surface area (Å²) in [6, 6.07) is 19.2. The number of hydrogen-bond acceptors (Lipinski definition) is 5. The highest BCUT2D eigenvalue weighted by atomic mass is 16.5. The first-order valence-electron chi connectivity index (χ1n) is 11.7. The van der Waals surface area contributed by atoms with E-state index >= 15 is 0 Å². The quantitative estimate of drug-likeness (QED) is 0.464. The van der Waals surface area contributed by atoms with Crippen LogP contribution in [0.4, 0.5) is 16.3 Å². The number of rotatable bonds is 9. The molecule has 1 aliphatic rings. The molecular formula is C27H32N4O3. The largest absolute Gasteiger partial charge is 0.497 e. The monoisotopic (exact) mass is 460 g/mol. The molecule has 2 heterocycles. The summed E-state index contributed by atoms with van der Waals surface area (Å²) in [6.45, 7) is 3.42. The summed E-state index contributed by atoms with van der Waals surface area (Å²) in [5.41, 5.74) is 3.82. The summed E-state index contributed by atoms with van der Waals surface area (Å²) in [4.78, 5) is 19.4. The van der Waals surface area contributed by atoms with Crippen LogP contribution in [0, 0.1) is 0 Å². The van der Waals surface area contributed by atoms with Gasteiger partial charge in [0.25, 0.3) is 0 Å². The van der Waals surface area contributed by atoms with Crippen LogP contribution in [0.1, 0.15) is 36.0 Å². The van der Waals surface area contributed by atoms with E-state index in [1.54, 1.807) is 7.11 Å². The Labute approximate surface area is 201 Å². The lowest BCUT2D eigenvalue weighted by atomic mass is 10.1. The topological polar surface area (TPSA) is 75.7 Å². The van der Waals surface area contributed by atoms with Crippen molar-refractivity contribution in [1.82, 2.24) is 10.3 Å². The second-order valence-corrected chi connectivity index (χ2v) is 8.38. The summed E-state index contributed by atoms with van der Waals surface area (Å²) in [5, 5.41) is 5.88. The van der Waals surface area contributed by atoms with Crippen LogP contribution in [0.5, 0.6) is 5.75 Å². The number of aromatic nitrogens is 1.